The van der Waals surface area contributed by atoms with Crippen LogP contribution in [0.5, 0.6) is 5.75 Å². The fourth-order valence-electron chi connectivity index (χ4n) is 2.32. The summed E-state index contributed by atoms with van der Waals surface area (Å²) in [6.45, 7) is 6.28. The van der Waals surface area contributed by atoms with Gasteiger partial charge in [-0.1, -0.05) is 18.2 Å². The van der Waals surface area contributed by atoms with Crippen LogP contribution in [0.2, 0.25) is 0 Å². The molecule has 5 heteroatoms. The molecule has 5 nitrogen and oxygen atoms in total. The lowest BCUT2D eigenvalue weighted by Crippen LogP contribution is -2.43. The Bertz CT molecular complexity index is 369. The zero-order chi connectivity index (χ0) is 14.8. The van der Waals surface area contributed by atoms with Crippen molar-refractivity contribution in [2.45, 2.75) is 12.5 Å². The van der Waals surface area contributed by atoms with Crippen LogP contribution in [0.1, 0.15) is 6.42 Å². The van der Waals surface area contributed by atoms with Crippen molar-refractivity contribution in [1.29, 1.82) is 0 Å². The second kappa shape index (κ2) is 9.73. The molecule has 21 heavy (non-hydrogen) atoms. The predicted octanol–water partition coefficient (Wildman–Crippen LogP) is 0.738. The van der Waals surface area contributed by atoms with E-state index in [2.05, 4.69) is 10.2 Å². The van der Waals surface area contributed by atoms with Gasteiger partial charge in [0.05, 0.1) is 25.9 Å². The number of ether oxygens (including phenoxy) is 2. The molecule has 1 fully saturated rings. The Hall–Kier alpha value is -1.14. The topological polar surface area (TPSA) is 54.0 Å². The molecule has 1 atom stereocenters. The van der Waals surface area contributed by atoms with E-state index in [1.54, 1.807) is 0 Å². The number of nitrogens with zero attached hydrogens (tertiary/aromatic N) is 1. The summed E-state index contributed by atoms with van der Waals surface area (Å²) in [6, 6.07) is 9.83. The van der Waals surface area contributed by atoms with Crippen LogP contribution < -0.4 is 10.1 Å². The lowest BCUT2D eigenvalue weighted by atomic mass is 10.3. The van der Waals surface area contributed by atoms with Gasteiger partial charge in [-0.15, -0.1) is 0 Å². The SMILES string of the molecule is OC(CNCCCOc1ccccc1)CN1CCOCC1. The number of β-amino-alcohol motifs (C(OH)–C–C–N with tert-alkyl or cyclic N) is 1. The molecule has 0 spiro atoms. The Morgan fingerprint density at radius 3 is 2.76 bits per heavy atom. The van der Waals surface area contributed by atoms with Crippen molar-refractivity contribution in [3.8, 4) is 5.75 Å². The molecule has 1 aromatic rings. The van der Waals surface area contributed by atoms with E-state index in [0.29, 0.717) is 13.2 Å². The molecule has 0 saturated carbocycles. The van der Waals surface area contributed by atoms with E-state index in [4.69, 9.17) is 9.47 Å². The van der Waals surface area contributed by atoms with Crippen LogP contribution in [0, 0.1) is 0 Å². The summed E-state index contributed by atoms with van der Waals surface area (Å²) in [4.78, 5) is 2.24. The molecule has 118 valence electrons. The van der Waals surface area contributed by atoms with Gasteiger partial charge in [-0.2, -0.15) is 0 Å². The van der Waals surface area contributed by atoms with Crippen LogP contribution in [0.3, 0.4) is 0 Å². The molecule has 0 bridgehead atoms. The summed E-state index contributed by atoms with van der Waals surface area (Å²) in [5.74, 6) is 0.907. The molecule has 0 radical (unpaired) electrons. The number of hydrogen-bond donors (Lipinski definition) is 2. The van der Waals surface area contributed by atoms with E-state index in [1.165, 1.54) is 0 Å². The second-order valence-electron chi connectivity index (χ2n) is 5.29. The predicted molar refractivity (Wildman–Crippen MR) is 82.7 cm³/mol. The quantitative estimate of drug-likeness (QED) is 0.658. The van der Waals surface area contributed by atoms with Crippen molar-refractivity contribution in [3.05, 3.63) is 30.3 Å². The standard InChI is InChI=1S/C16H26N2O3/c19-15(14-18-8-11-20-12-9-18)13-17-7-4-10-21-16-5-2-1-3-6-16/h1-3,5-6,15,17,19H,4,7-14H2. The Morgan fingerprint density at radius 1 is 1.24 bits per heavy atom. The van der Waals surface area contributed by atoms with Crippen LogP contribution in [-0.4, -0.2) is 68.7 Å². The van der Waals surface area contributed by atoms with Crippen molar-refractivity contribution in [2.24, 2.45) is 0 Å². The highest BCUT2D eigenvalue weighted by atomic mass is 16.5. The lowest BCUT2D eigenvalue weighted by Gasteiger charge is -2.28. The summed E-state index contributed by atoms with van der Waals surface area (Å²) in [5.41, 5.74) is 0. The van der Waals surface area contributed by atoms with Gasteiger partial charge < -0.3 is 19.9 Å². The molecule has 0 aromatic heterocycles. The van der Waals surface area contributed by atoms with Crippen molar-refractivity contribution >= 4 is 0 Å². The number of para-hydroxylation sites is 1. The first kappa shape index (κ1) is 16.2. The minimum absolute atomic E-state index is 0.321. The first-order chi connectivity index (χ1) is 10.3. The third-order valence-electron chi connectivity index (χ3n) is 3.46. The zero-order valence-corrected chi connectivity index (χ0v) is 12.5. The zero-order valence-electron chi connectivity index (χ0n) is 12.5. The molecular weight excluding hydrogens is 268 g/mol. The largest absolute Gasteiger partial charge is 0.494 e. The van der Waals surface area contributed by atoms with Gasteiger partial charge in [0, 0.05) is 26.2 Å². The van der Waals surface area contributed by atoms with Gasteiger partial charge in [-0.3, -0.25) is 4.90 Å². The fraction of sp³-hybridized carbons (Fsp3) is 0.625. The molecule has 1 aromatic carbocycles. The van der Waals surface area contributed by atoms with E-state index >= 15 is 0 Å². The van der Waals surface area contributed by atoms with Crippen LogP contribution in [0.25, 0.3) is 0 Å². The van der Waals surface area contributed by atoms with E-state index in [-0.39, 0.29) is 6.10 Å². The van der Waals surface area contributed by atoms with Crippen molar-refractivity contribution in [2.75, 3.05) is 52.5 Å². The average Bonchev–Trinajstić information content (AvgIpc) is 2.53. The van der Waals surface area contributed by atoms with E-state index in [9.17, 15) is 5.11 Å². The molecule has 1 saturated heterocycles. The Balaban J connectivity index is 1.45. The lowest BCUT2D eigenvalue weighted by molar-refractivity contribution is 0.0149. The number of nitrogens with one attached hydrogen (secondary N) is 1. The Morgan fingerprint density at radius 2 is 2.00 bits per heavy atom. The van der Waals surface area contributed by atoms with E-state index in [1.807, 2.05) is 30.3 Å². The molecule has 0 amide bonds. The highest BCUT2D eigenvalue weighted by molar-refractivity contribution is 5.20. The molecular formula is C16H26N2O3. The number of aliphatic hydroxyl groups excluding tert-OH is 1. The number of rotatable bonds is 9. The van der Waals surface area contributed by atoms with E-state index in [0.717, 1.165) is 51.6 Å². The summed E-state index contributed by atoms with van der Waals surface area (Å²) in [5, 5.41) is 13.2. The number of morpholine rings is 1. The number of benzene rings is 1. The first-order valence-corrected chi connectivity index (χ1v) is 7.71. The second-order valence-corrected chi connectivity index (χ2v) is 5.29. The first-order valence-electron chi connectivity index (χ1n) is 7.71. The monoisotopic (exact) mass is 294 g/mol. The summed E-state index contributed by atoms with van der Waals surface area (Å²) < 4.78 is 10.9. The summed E-state index contributed by atoms with van der Waals surface area (Å²) in [7, 11) is 0. The van der Waals surface area contributed by atoms with Gasteiger partial charge in [-0.05, 0) is 25.1 Å². The molecule has 1 heterocycles. The van der Waals surface area contributed by atoms with Crippen LogP contribution in [-0.2, 0) is 4.74 Å². The molecule has 2 rings (SSSR count). The van der Waals surface area contributed by atoms with Crippen LogP contribution >= 0.6 is 0 Å². The van der Waals surface area contributed by atoms with Gasteiger partial charge in [0.15, 0.2) is 0 Å². The van der Waals surface area contributed by atoms with Gasteiger partial charge in [0.2, 0.25) is 0 Å². The van der Waals surface area contributed by atoms with Gasteiger partial charge >= 0.3 is 0 Å². The minimum atomic E-state index is -0.321. The average molecular weight is 294 g/mol. The molecule has 1 unspecified atom stereocenters. The van der Waals surface area contributed by atoms with Crippen molar-refractivity contribution in [1.82, 2.24) is 10.2 Å². The smallest absolute Gasteiger partial charge is 0.119 e. The highest BCUT2D eigenvalue weighted by Gasteiger charge is 2.14. The fourth-order valence-corrected chi connectivity index (χ4v) is 2.32. The van der Waals surface area contributed by atoms with Crippen molar-refractivity contribution < 1.29 is 14.6 Å². The molecule has 1 aliphatic rings. The van der Waals surface area contributed by atoms with Gasteiger partial charge in [-0.25, -0.2) is 0 Å². The maximum absolute atomic E-state index is 9.96. The van der Waals surface area contributed by atoms with Gasteiger partial charge in [0.25, 0.3) is 0 Å². The summed E-state index contributed by atoms with van der Waals surface area (Å²) in [6.07, 6.45) is 0.609. The molecule has 2 N–H and O–H groups in total. The number of aliphatic hydroxyl groups is 1. The third kappa shape index (κ3) is 6.91. The number of hydrogen-bond acceptors (Lipinski definition) is 5. The summed E-state index contributed by atoms with van der Waals surface area (Å²) >= 11 is 0. The molecule has 1 aliphatic heterocycles. The molecule has 0 aliphatic carbocycles. The maximum Gasteiger partial charge on any atom is 0.119 e. The Kier molecular flexibility index (Phi) is 7.53. The van der Waals surface area contributed by atoms with Crippen LogP contribution in [0.4, 0.5) is 0 Å². The van der Waals surface area contributed by atoms with E-state index < -0.39 is 0 Å². The maximum atomic E-state index is 9.96. The third-order valence-corrected chi connectivity index (χ3v) is 3.46. The van der Waals surface area contributed by atoms with Crippen LogP contribution in [0.15, 0.2) is 30.3 Å². The van der Waals surface area contributed by atoms with Crippen molar-refractivity contribution in [3.63, 3.8) is 0 Å². The van der Waals surface area contributed by atoms with Gasteiger partial charge in [0.1, 0.15) is 5.75 Å². The minimum Gasteiger partial charge on any atom is -0.494 e. The highest BCUT2D eigenvalue weighted by Crippen LogP contribution is 2.08. The normalized spacial score (nSPS) is 17.6. The Labute approximate surface area is 126 Å².